The van der Waals surface area contributed by atoms with Crippen LogP contribution < -0.4 is 11.2 Å². The maximum Gasteiger partial charge on any atom is 0.429 e. The highest BCUT2D eigenvalue weighted by Gasteiger charge is 2.27. The standard InChI is InChI=1S/C11H11ClFN3O3/c12-7-3-6(10(17)16(14)11(18)19)9(4-8(7)13)15-5-1-2-5/h3-5,15H,1-2,14H2,(H,18,19). The Bertz CT molecular complexity index is 548. The van der Waals surface area contributed by atoms with Crippen LogP contribution in [0, 0.1) is 5.82 Å². The fraction of sp³-hybridized carbons (Fsp3) is 0.273. The van der Waals surface area contributed by atoms with Gasteiger partial charge < -0.3 is 10.4 Å². The second-order valence-corrected chi connectivity index (χ2v) is 4.60. The van der Waals surface area contributed by atoms with E-state index in [4.69, 9.17) is 22.6 Å². The molecule has 0 spiro atoms. The van der Waals surface area contributed by atoms with Crippen LogP contribution in [0.1, 0.15) is 23.2 Å². The third-order valence-corrected chi connectivity index (χ3v) is 2.94. The number of nitrogens with one attached hydrogen (secondary N) is 1. The number of rotatable bonds is 3. The highest BCUT2D eigenvalue weighted by molar-refractivity contribution is 6.31. The Morgan fingerprint density at radius 1 is 1.47 bits per heavy atom. The van der Waals surface area contributed by atoms with Gasteiger partial charge in [0.2, 0.25) is 0 Å². The molecule has 0 aromatic heterocycles. The molecule has 0 saturated heterocycles. The lowest BCUT2D eigenvalue weighted by Crippen LogP contribution is -2.41. The molecule has 1 aromatic rings. The highest BCUT2D eigenvalue weighted by Crippen LogP contribution is 2.30. The van der Waals surface area contributed by atoms with Gasteiger partial charge in [0.15, 0.2) is 0 Å². The van der Waals surface area contributed by atoms with E-state index in [2.05, 4.69) is 5.32 Å². The van der Waals surface area contributed by atoms with Crippen molar-refractivity contribution in [2.75, 3.05) is 5.32 Å². The molecule has 1 aliphatic rings. The summed E-state index contributed by atoms with van der Waals surface area (Å²) >= 11 is 5.60. The van der Waals surface area contributed by atoms with Crippen molar-refractivity contribution in [2.24, 2.45) is 5.84 Å². The molecule has 4 N–H and O–H groups in total. The zero-order valence-electron chi connectivity index (χ0n) is 9.69. The molecule has 2 rings (SSSR count). The molecule has 6 nitrogen and oxygen atoms in total. The number of anilines is 1. The second kappa shape index (κ2) is 5.02. The summed E-state index contributed by atoms with van der Waals surface area (Å²) < 4.78 is 13.4. The Hall–Kier alpha value is -1.86. The molecular weight excluding hydrogens is 277 g/mol. The minimum absolute atomic E-state index is 0.0294. The van der Waals surface area contributed by atoms with Crippen LogP contribution in [0.3, 0.4) is 0 Å². The quantitative estimate of drug-likeness (QED) is 0.449. The van der Waals surface area contributed by atoms with Crippen LogP contribution in [0.2, 0.25) is 5.02 Å². The average Bonchev–Trinajstić information content (AvgIpc) is 3.15. The number of amides is 2. The van der Waals surface area contributed by atoms with Crippen LogP contribution in [0.25, 0.3) is 0 Å². The number of imide groups is 1. The van der Waals surface area contributed by atoms with Crippen molar-refractivity contribution in [2.45, 2.75) is 18.9 Å². The molecule has 1 saturated carbocycles. The Balaban J connectivity index is 2.38. The van der Waals surface area contributed by atoms with E-state index < -0.39 is 17.8 Å². The molecule has 1 aromatic carbocycles. The summed E-state index contributed by atoms with van der Waals surface area (Å²) in [5.74, 6) is 3.45. The molecule has 0 unspecified atom stereocenters. The van der Waals surface area contributed by atoms with Crippen molar-refractivity contribution < 1.29 is 19.1 Å². The topological polar surface area (TPSA) is 95.7 Å². The van der Waals surface area contributed by atoms with Crippen molar-refractivity contribution in [1.82, 2.24) is 5.01 Å². The predicted molar refractivity (Wildman–Crippen MR) is 66.4 cm³/mol. The number of carbonyl (C=O) groups is 2. The predicted octanol–water partition coefficient (Wildman–Crippen LogP) is 2.05. The first-order chi connectivity index (χ1) is 8.90. The van der Waals surface area contributed by atoms with E-state index in [0.29, 0.717) is 0 Å². The first-order valence-electron chi connectivity index (χ1n) is 5.48. The molecule has 19 heavy (non-hydrogen) atoms. The second-order valence-electron chi connectivity index (χ2n) is 4.19. The average molecular weight is 288 g/mol. The van der Waals surface area contributed by atoms with E-state index >= 15 is 0 Å². The zero-order chi connectivity index (χ0) is 14.2. The summed E-state index contributed by atoms with van der Waals surface area (Å²) in [6.07, 6.45) is 0.203. The number of nitrogens with zero attached hydrogens (tertiary/aromatic N) is 1. The van der Waals surface area contributed by atoms with Gasteiger partial charge >= 0.3 is 6.09 Å². The van der Waals surface area contributed by atoms with Crippen LogP contribution in [0.4, 0.5) is 14.9 Å². The minimum Gasteiger partial charge on any atom is -0.464 e. The molecule has 0 aliphatic heterocycles. The number of hydrazine groups is 1. The molecular formula is C11H11ClFN3O3. The van der Waals surface area contributed by atoms with Gasteiger partial charge in [0.1, 0.15) is 5.82 Å². The third-order valence-electron chi connectivity index (χ3n) is 2.65. The fourth-order valence-electron chi connectivity index (χ4n) is 1.51. The van der Waals surface area contributed by atoms with Crippen molar-refractivity contribution in [1.29, 1.82) is 0 Å². The van der Waals surface area contributed by atoms with E-state index in [1.54, 1.807) is 0 Å². The van der Waals surface area contributed by atoms with Gasteiger partial charge in [-0.15, -0.1) is 0 Å². The van der Waals surface area contributed by atoms with Crippen molar-refractivity contribution in [3.05, 3.63) is 28.5 Å². The number of benzene rings is 1. The molecule has 1 fully saturated rings. The molecule has 0 radical (unpaired) electrons. The summed E-state index contributed by atoms with van der Waals surface area (Å²) in [7, 11) is 0. The molecule has 1 aliphatic carbocycles. The number of hydrogen-bond donors (Lipinski definition) is 3. The van der Waals surface area contributed by atoms with E-state index in [0.717, 1.165) is 25.0 Å². The molecule has 0 heterocycles. The summed E-state index contributed by atoms with van der Waals surface area (Å²) in [6, 6.07) is 2.28. The zero-order valence-corrected chi connectivity index (χ0v) is 10.4. The van der Waals surface area contributed by atoms with Gasteiger partial charge in [0, 0.05) is 6.04 Å². The molecule has 0 atom stereocenters. The van der Waals surface area contributed by atoms with Gasteiger partial charge in [-0.2, -0.15) is 5.01 Å². The molecule has 0 bridgehead atoms. The van der Waals surface area contributed by atoms with Crippen molar-refractivity contribution in [3.63, 3.8) is 0 Å². The lowest BCUT2D eigenvalue weighted by atomic mass is 10.1. The van der Waals surface area contributed by atoms with Gasteiger partial charge in [-0.25, -0.2) is 15.0 Å². The van der Waals surface area contributed by atoms with Gasteiger partial charge in [0.25, 0.3) is 5.91 Å². The lowest BCUT2D eigenvalue weighted by Gasteiger charge is -2.15. The van der Waals surface area contributed by atoms with Crippen LogP contribution in [-0.4, -0.2) is 28.2 Å². The fourth-order valence-corrected chi connectivity index (χ4v) is 1.67. The van der Waals surface area contributed by atoms with Crippen LogP contribution >= 0.6 is 11.6 Å². The van der Waals surface area contributed by atoms with E-state index in [9.17, 15) is 14.0 Å². The largest absolute Gasteiger partial charge is 0.464 e. The number of hydrogen-bond acceptors (Lipinski definition) is 4. The van der Waals surface area contributed by atoms with Gasteiger partial charge in [-0.05, 0) is 25.0 Å². The maximum atomic E-state index is 13.4. The van der Waals surface area contributed by atoms with Crippen molar-refractivity contribution >= 4 is 29.3 Å². The van der Waals surface area contributed by atoms with Gasteiger partial charge in [-0.1, -0.05) is 11.6 Å². The Morgan fingerprint density at radius 3 is 2.63 bits per heavy atom. The highest BCUT2D eigenvalue weighted by atomic mass is 35.5. The first kappa shape index (κ1) is 13.6. The summed E-state index contributed by atoms with van der Waals surface area (Å²) in [4.78, 5) is 22.5. The van der Waals surface area contributed by atoms with E-state index in [-0.39, 0.29) is 27.3 Å². The Kier molecular flexibility index (Phi) is 3.59. The molecule has 8 heteroatoms. The molecule has 102 valence electrons. The summed E-state index contributed by atoms with van der Waals surface area (Å²) in [6.45, 7) is 0. The Morgan fingerprint density at radius 2 is 2.11 bits per heavy atom. The van der Waals surface area contributed by atoms with E-state index in [1.807, 2.05) is 0 Å². The van der Waals surface area contributed by atoms with Gasteiger partial charge in [0.05, 0.1) is 16.3 Å². The molecule has 2 amide bonds. The summed E-state index contributed by atoms with van der Waals surface area (Å²) in [5, 5.41) is 11.4. The van der Waals surface area contributed by atoms with Crippen LogP contribution in [0.5, 0.6) is 0 Å². The summed E-state index contributed by atoms with van der Waals surface area (Å²) in [5.41, 5.74) is 0.106. The maximum absolute atomic E-state index is 13.4. The minimum atomic E-state index is -1.61. The Labute approximate surface area is 112 Å². The van der Waals surface area contributed by atoms with Gasteiger partial charge in [-0.3, -0.25) is 4.79 Å². The van der Waals surface area contributed by atoms with Crippen LogP contribution in [-0.2, 0) is 0 Å². The smallest absolute Gasteiger partial charge is 0.429 e. The van der Waals surface area contributed by atoms with Crippen molar-refractivity contribution in [3.8, 4) is 0 Å². The lowest BCUT2D eigenvalue weighted by molar-refractivity contribution is 0.0742. The number of carboxylic acid groups (broad SMARTS) is 1. The monoisotopic (exact) mass is 287 g/mol. The first-order valence-corrected chi connectivity index (χ1v) is 5.85. The normalized spacial score (nSPS) is 14.1. The number of carbonyl (C=O) groups excluding carboxylic acids is 1. The SMILES string of the molecule is NN(C(=O)O)C(=O)c1cc(Cl)c(F)cc1NC1CC1. The number of halogens is 2. The third kappa shape index (κ3) is 2.94. The van der Waals surface area contributed by atoms with Crippen LogP contribution in [0.15, 0.2) is 12.1 Å². The van der Waals surface area contributed by atoms with E-state index in [1.165, 1.54) is 0 Å². The number of nitrogens with two attached hydrogens (primary N) is 1.